The molecule has 1 aliphatic heterocycles. The van der Waals surface area contributed by atoms with Crippen molar-refractivity contribution in [3.05, 3.63) is 59.7 Å². The number of benzene rings is 2. The number of piperidine rings is 1. The second kappa shape index (κ2) is 9.40. The van der Waals surface area contributed by atoms with Crippen LogP contribution in [0.1, 0.15) is 42.1 Å². The molecule has 148 valence electrons. The molecule has 0 spiro atoms. The Kier molecular flexibility index (Phi) is 6.69. The van der Waals surface area contributed by atoms with Crippen LogP contribution in [0.25, 0.3) is 0 Å². The maximum absolute atomic E-state index is 12.7. The number of aryl methyl sites for hydroxylation is 1. The molecule has 0 unspecified atom stereocenters. The SMILES string of the molecule is COc1ccc(CCC2CCN(C(=O)c3ccc(NC(C)=O)cc3)CC2)cc1. The molecule has 28 heavy (non-hydrogen) atoms. The van der Waals surface area contributed by atoms with Gasteiger partial charge in [0, 0.05) is 31.3 Å². The molecule has 3 rings (SSSR count). The van der Waals surface area contributed by atoms with E-state index in [1.807, 2.05) is 17.0 Å². The molecule has 0 atom stereocenters. The Labute approximate surface area is 166 Å². The van der Waals surface area contributed by atoms with E-state index in [2.05, 4.69) is 17.4 Å². The maximum Gasteiger partial charge on any atom is 0.253 e. The number of amides is 2. The lowest BCUT2D eigenvalue weighted by molar-refractivity contribution is -0.114. The molecule has 0 aliphatic carbocycles. The summed E-state index contributed by atoms with van der Waals surface area (Å²) in [6, 6.07) is 15.4. The van der Waals surface area contributed by atoms with Crippen molar-refractivity contribution in [1.82, 2.24) is 4.90 Å². The van der Waals surface area contributed by atoms with E-state index in [0.717, 1.165) is 44.5 Å². The van der Waals surface area contributed by atoms with Crippen molar-refractivity contribution in [2.24, 2.45) is 5.92 Å². The van der Waals surface area contributed by atoms with Crippen LogP contribution in [-0.2, 0) is 11.2 Å². The van der Waals surface area contributed by atoms with Crippen LogP contribution >= 0.6 is 0 Å². The molecule has 1 N–H and O–H groups in total. The smallest absolute Gasteiger partial charge is 0.253 e. The van der Waals surface area contributed by atoms with Crippen molar-refractivity contribution in [1.29, 1.82) is 0 Å². The zero-order valence-corrected chi connectivity index (χ0v) is 16.6. The average molecular weight is 380 g/mol. The van der Waals surface area contributed by atoms with Crippen LogP contribution in [0.4, 0.5) is 5.69 Å². The molecule has 1 aliphatic rings. The topological polar surface area (TPSA) is 58.6 Å². The summed E-state index contributed by atoms with van der Waals surface area (Å²) >= 11 is 0. The molecule has 5 nitrogen and oxygen atoms in total. The summed E-state index contributed by atoms with van der Waals surface area (Å²) < 4.78 is 5.20. The molecule has 1 fully saturated rings. The number of carbonyl (C=O) groups is 2. The molecule has 0 aromatic heterocycles. The Balaban J connectivity index is 1.46. The summed E-state index contributed by atoms with van der Waals surface area (Å²) in [4.78, 5) is 25.7. The molecule has 2 aromatic rings. The fourth-order valence-electron chi connectivity index (χ4n) is 3.67. The average Bonchev–Trinajstić information content (AvgIpc) is 2.72. The first-order valence-corrected chi connectivity index (χ1v) is 9.85. The van der Waals surface area contributed by atoms with Crippen LogP contribution in [0, 0.1) is 5.92 Å². The molecule has 2 amide bonds. The van der Waals surface area contributed by atoms with E-state index in [1.54, 1.807) is 31.4 Å². The number of ether oxygens (including phenoxy) is 1. The predicted octanol–water partition coefficient (Wildman–Crippen LogP) is 4.14. The highest BCUT2D eigenvalue weighted by Gasteiger charge is 2.23. The summed E-state index contributed by atoms with van der Waals surface area (Å²) in [7, 11) is 1.68. The minimum absolute atomic E-state index is 0.0722. The molecule has 1 saturated heterocycles. The van der Waals surface area contributed by atoms with Gasteiger partial charge in [-0.15, -0.1) is 0 Å². The van der Waals surface area contributed by atoms with E-state index >= 15 is 0 Å². The standard InChI is InChI=1S/C23H28N2O3/c1-17(26)24-21-9-7-20(8-10-21)23(27)25-15-13-19(14-16-25)4-3-18-5-11-22(28-2)12-6-18/h5-12,19H,3-4,13-16H2,1-2H3,(H,24,26). The second-order valence-electron chi connectivity index (χ2n) is 7.38. The highest BCUT2D eigenvalue weighted by Crippen LogP contribution is 2.24. The van der Waals surface area contributed by atoms with E-state index in [0.29, 0.717) is 17.2 Å². The largest absolute Gasteiger partial charge is 0.497 e. The Hall–Kier alpha value is -2.82. The number of hydrogen-bond acceptors (Lipinski definition) is 3. The van der Waals surface area contributed by atoms with Crippen molar-refractivity contribution in [3.8, 4) is 5.75 Å². The molecule has 2 aromatic carbocycles. The molecular weight excluding hydrogens is 352 g/mol. The van der Waals surface area contributed by atoms with Gasteiger partial charge in [0.15, 0.2) is 0 Å². The van der Waals surface area contributed by atoms with Crippen LogP contribution in [-0.4, -0.2) is 36.9 Å². The third-order valence-electron chi connectivity index (χ3n) is 5.35. The third kappa shape index (κ3) is 5.35. The van der Waals surface area contributed by atoms with Gasteiger partial charge in [-0.2, -0.15) is 0 Å². The zero-order chi connectivity index (χ0) is 19.9. The van der Waals surface area contributed by atoms with Gasteiger partial charge in [-0.05, 0) is 73.6 Å². The Morgan fingerprint density at radius 2 is 1.68 bits per heavy atom. The van der Waals surface area contributed by atoms with E-state index in [-0.39, 0.29) is 11.8 Å². The number of hydrogen-bond donors (Lipinski definition) is 1. The summed E-state index contributed by atoms with van der Waals surface area (Å²) in [6.45, 7) is 3.08. The van der Waals surface area contributed by atoms with E-state index in [1.165, 1.54) is 12.5 Å². The highest BCUT2D eigenvalue weighted by atomic mass is 16.5. The van der Waals surface area contributed by atoms with E-state index < -0.39 is 0 Å². The van der Waals surface area contributed by atoms with Crippen LogP contribution in [0.15, 0.2) is 48.5 Å². The fraction of sp³-hybridized carbons (Fsp3) is 0.391. The van der Waals surface area contributed by atoms with Crippen molar-refractivity contribution >= 4 is 17.5 Å². The van der Waals surface area contributed by atoms with Crippen LogP contribution in [0.3, 0.4) is 0 Å². The lowest BCUT2D eigenvalue weighted by atomic mass is 9.90. The minimum Gasteiger partial charge on any atom is -0.497 e. The number of anilines is 1. The molecule has 0 bridgehead atoms. The molecule has 0 saturated carbocycles. The van der Waals surface area contributed by atoms with Crippen LogP contribution in [0.2, 0.25) is 0 Å². The second-order valence-corrected chi connectivity index (χ2v) is 7.38. The molecular formula is C23H28N2O3. The first kappa shape index (κ1) is 19.9. The molecule has 1 heterocycles. The third-order valence-corrected chi connectivity index (χ3v) is 5.35. The zero-order valence-electron chi connectivity index (χ0n) is 16.6. The number of carbonyl (C=O) groups excluding carboxylic acids is 2. The first-order chi connectivity index (χ1) is 13.5. The van der Waals surface area contributed by atoms with Gasteiger partial charge >= 0.3 is 0 Å². The van der Waals surface area contributed by atoms with Crippen molar-refractivity contribution in [2.45, 2.75) is 32.6 Å². The predicted molar refractivity (Wildman–Crippen MR) is 111 cm³/mol. The molecule has 5 heteroatoms. The normalized spacial score (nSPS) is 14.6. The summed E-state index contributed by atoms with van der Waals surface area (Å²) in [5.41, 5.74) is 2.71. The van der Waals surface area contributed by atoms with Gasteiger partial charge in [-0.1, -0.05) is 12.1 Å². The van der Waals surface area contributed by atoms with Crippen molar-refractivity contribution in [2.75, 3.05) is 25.5 Å². The van der Waals surface area contributed by atoms with Gasteiger partial charge in [0.05, 0.1) is 7.11 Å². The van der Waals surface area contributed by atoms with Crippen molar-refractivity contribution < 1.29 is 14.3 Å². The van der Waals surface area contributed by atoms with E-state index in [4.69, 9.17) is 4.74 Å². The summed E-state index contributed by atoms with van der Waals surface area (Å²) in [5.74, 6) is 1.51. The lowest BCUT2D eigenvalue weighted by Crippen LogP contribution is -2.38. The van der Waals surface area contributed by atoms with Gasteiger partial charge in [0.25, 0.3) is 5.91 Å². The van der Waals surface area contributed by atoms with Gasteiger partial charge < -0.3 is 15.0 Å². The Bertz CT molecular complexity index is 792. The van der Waals surface area contributed by atoms with Gasteiger partial charge in [-0.3, -0.25) is 9.59 Å². The Morgan fingerprint density at radius 1 is 1.04 bits per heavy atom. The first-order valence-electron chi connectivity index (χ1n) is 9.85. The number of methoxy groups -OCH3 is 1. The number of nitrogens with one attached hydrogen (secondary N) is 1. The number of likely N-dealkylation sites (tertiary alicyclic amines) is 1. The summed E-state index contributed by atoms with van der Waals surface area (Å²) in [6.07, 6.45) is 4.31. The lowest BCUT2D eigenvalue weighted by Gasteiger charge is -2.32. The van der Waals surface area contributed by atoms with Crippen molar-refractivity contribution in [3.63, 3.8) is 0 Å². The summed E-state index contributed by atoms with van der Waals surface area (Å²) in [5, 5.41) is 2.72. The quantitative estimate of drug-likeness (QED) is 0.819. The number of rotatable bonds is 6. The minimum atomic E-state index is -0.115. The maximum atomic E-state index is 12.7. The highest BCUT2D eigenvalue weighted by molar-refractivity contribution is 5.95. The van der Waals surface area contributed by atoms with Gasteiger partial charge in [0.1, 0.15) is 5.75 Å². The molecule has 0 radical (unpaired) electrons. The van der Waals surface area contributed by atoms with Gasteiger partial charge in [-0.25, -0.2) is 0 Å². The van der Waals surface area contributed by atoms with Crippen LogP contribution in [0.5, 0.6) is 5.75 Å². The van der Waals surface area contributed by atoms with Gasteiger partial charge in [0.2, 0.25) is 5.91 Å². The Morgan fingerprint density at radius 3 is 2.25 bits per heavy atom. The monoisotopic (exact) mass is 380 g/mol. The van der Waals surface area contributed by atoms with Crippen LogP contribution < -0.4 is 10.1 Å². The number of nitrogens with zero attached hydrogens (tertiary/aromatic N) is 1. The fourth-order valence-corrected chi connectivity index (χ4v) is 3.67. The van der Waals surface area contributed by atoms with E-state index in [9.17, 15) is 9.59 Å².